The third-order valence-electron chi connectivity index (χ3n) is 7.31. The Bertz CT molecular complexity index is 988. The fourth-order valence-electron chi connectivity index (χ4n) is 5.42. The summed E-state index contributed by atoms with van der Waals surface area (Å²) in [5.41, 5.74) is 4.35. The van der Waals surface area contributed by atoms with Gasteiger partial charge in [-0.25, -0.2) is 9.07 Å². The molecule has 0 bridgehead atoms. The van der Waals surface area contributed by atoms with Crippen LogP contribution in [0.2, 0.25) is 0 Å². The lowest BCUT2D eigenvalue weighted by Gasteiger charge is -2.37. The number of carbonyl (C=O) groups is 1. The van der Waals surface area contributed by atoms with E-state index in [4.69, 9.17) is 0 Å². The lowest BCUT2D eigenvalue weighted by molar-refractivity contribution is -0.138. The minimum Gasteiger partial charge on any atom is -0.342 e. The van der Waals surface area contributed by atoms with E-state index in [0.29, 0.717) is 5.91 Å². The molecule has 0 radical (unpaired) electrons. The van der Waals surface area contributed by atoms with E-state index >= 15 is 0 Å². The van der Waals surface area contributed by atoms with Gasteiger partial charge in [0.2, 0.25) is 5.91 Å². The molecule has 5 heteroatoms. The maximum Gasteiger partial charge on any atom is 0.226 e. The first-order valence-electron chi connectivity index (χ1n) is 11.3. The molecule has 0 spiro atoms. The molecule has 2 aromatic rings. The van der Waals surface area contributed by atoms with E-state index in [9.17, 15) is 9.18 Å². The third kappa shape index (κ3) is 3.28. The minimum absolute atomic E-state index is 0.0522. The van der Waals surface area contributed by atoms with E-state index < -0.39 is 0 Å². The SMILES string of the molecule is CCCN(CC1CC1)C(=O)[C@H]1CCC2=Cc3c(cnn3-c3ccc(F)cc3)C[C@@]21C. The van der Waals surface area contributed by atoms with Gasteiger partial charge >= 0.3 is 0 Å². The lowest BCUT2D eigenvalue weighted by atomic mass is 9.69. The molecule has 1 heterocycles. The second kappa shape index (κ2) is 7.36. The molecule has 5 rings (SSSR count). The third-order valence-corrected chi connectivity index (χ3v) is 7.31. The normalized spacial score (nSPS) is 24.9. The smallest absolute Gasteiger partial charge is 0.226 e. The summed E-state index contributed by atoms with van der Waals surface area (Å²) in [5.74, 6) is 0.878. The van der Waals surface area contributed by atoms with Crippen LogP contribution in [0.3, 0.4) is 0 Å². The zero-order chi connectivity index (χ0) is 20.9. The average molecular weight is 408 g/mol. The Morgan fingerprint density at radius 2 is 2.03 bits per heavy atom. The Labute approximate surface area is 177 Å². The topological polar surface area (TPSA) is 38.1 Å². The van der Waals surface area contributed by atoms with E-state index in [1.54, 1.807) is 12.1 Å². The van der Waals surface area contributed by atoms with Crippen molar-refractivity contribution in [1.29, 1.82) is 0 Å². The van der Waals surface area contributed by atoms with Crippen LogP contribution in [-0.4, -0.2) is 33.7 Å². The van der Waals surface area contributed by atoms with E-state index in [1.807, 2.05) is 10.9 Å². The van der Waals surface area contributed by atoms with E-state index in [1.165, 1.54) is 36.1 Å². The number of halogens is 1. The number of hydrogen-bond donors (Lipinski definition) is 0. The van der Waals surface area contributed by atoms with Crippen LogP contribution >= 0.6 is 0 Å². The van der Waals surface area contributed by atoms with Gasteiger partial charge in [0.1, 0.15) is 5.82 Å². The molecular weight excluding hydrogens is 377 g/mol. The monoisotopic (exact) mass is 407 g/mol. The van der Waals surface area contributed by atoms with Crippen LogP contribution in [-0.2, 0) is 11.2 Å². The maximum atomic E-state index is 13.6. The van der Waals surface area contributed by atoms with Crippen molar-refractivity contribution in [3.63, 3.8) is 0 Å². The van der Waals surface area contributed by atoms with Crippen LogP contribution in [0.15, 0.2) is 36.0 Å². The summed E-state index contributed by atoms with van der Waals surface area (Å²) in [4.78, 5) is 15.7. The Morgan fingerprint density at radius 3 is 2.73 bits per heavy atom. The molecule has 3 aliphatic carbocycles. The molecule has 1 aromatic carbocycles. The highest BCUT2D eigenvalue weighted by Gasteiger charge is 2.50. The number of allylic oxidation sites excluding steroid dienone is 1. The van der Waals surface area contributed by atoms with Crippen LogP contribution < -0.4 is 0 Å². The van der Waals surface area contributed by atoms with Gasteiger partial charge in [-0.3, -0.25) is 4.79 Å². The van der Waals surface area contributed by atoms with Crippen molar-refractivity contribution >= 4 is 12.0 Å². The molecular formula is C25H30FN3O. The summed E-state index contributed by atoms with van der Waals surface area (Å²) in [5, 5.41) is 4.59. The predicted octanol–water partition coefficient (Wildman–Crippen LogP) is 5.02. The van der Waals surface area contributed by atoms with E-state index in [2.05, 4.69) is 29.9 Å². The van der Waals surface area contributed by atoms with Gasteiger partial charge in [0.15, 0.2) is 0 Å². The number of hydrogen-bond acceptors (Lipinski definition) is 2. The average Bonchev–Trinajstić information content (AvgIpc) is 3.37. The standard InChI is InChI=1S/C25H30FN3O/c1-3-12-28(16-17-4-5-17)24(30)22-11-6-19-13-23-18(14-25(19,22)2)15-27-29(23)21-9-7-20(26)8-10-21/h7-10,13,15,17,22H,3-6,11-12,14,16H2,1-2H3/t22-,25+/m1/s1. The summed E-state index contributed by atoms with van der Waals surface area (Å²) in [6.07, 6.45) is 10.5. The van der Waals surface area contributed by atoms with Gasteiger partial charge in [-0.05, 0) is 80.3 Å². The van der Waals surface area contributed by atoms with Crippen molar-refractivity contribution in [2.45, 2.75) is 52.4 Å². The van der Waals surface area contributed by atoms with Crippen molar-refractivity contribution < 1.29 is 9.18 Å². The van der Waals surface area contributed by atoms with Crippen molar-refractivity contribution in [2.24, 2.45) is 17.3 Å². The second-order valence-electron chi connectivity index (χ2n) is 9.53. The number of rotatable bonds is 6. The van der Waals surface area contributed by atoms with Crippen LogP contribution in [0.4, 0.5) is 4.39 Å². The highest BCUT2D eigenvalue weighted by atomic mass is 19.1. The molecule has 0 unspecified atom stereocenters. The van der Waals surface area contributed by atoms with Crippen LogP contribution in [0.5, 0.6) is 0 Å². The molecule has 2 fully saturated rings. The Hall–Kier alpha value is -2.43. The van der Waals surface area contributed by atoms with Crippen molar-refractivity contribution in [3.05, 3.63) is 53.1 Å². The van der Waals surface area contributed by atoms with E-state index in [-0.39, 0.29) is 17.2 Å². The van der Waals surface area contributed by atoms with Crippen LogP contribution in [0, 0.1) is 23.1 Å². The summed E-state index contributed by atoms with van der Waals surface area (Å²) in [6, 6.07) is 6.46. The number of aromatic nitrogens is 2. The Balaban J connectivity index is 1.43. The first-order valence-corrected chi connectivity index (χ1v) is 11.3. The second-order valence-corrected chi connectivity index (χ2v) is 9.53. The maximum absolute atomic E-state index is 13.6. The molecule has 158 valence electrons. The predicted molar refractivity (Wildman–Crippen MR) is 116 cm³/mol. The quantitative estimate of drug-likeness (QED) is 0.675. The largest absolute Gasteiger partial charge is 0.342 e. The van der Waals surface area contributed by atoms with Gasteiger partial charge in [-0.1, -0.05) is 19.4 Å². The fourth-order valence-corrected chi connectivity index (χ4v) is 5.42. The van der Waals surface area contributed by atoms with Crippen LogP contribution in [0.25, 0.3) is 11.8 Å². The Kier molecular flexibility index (Phi) is 4.79. The minimum atomic E-state index is -0.245. The number of carbonyl (C=O) groups excluding carboxylic acids is 1. The van der Waals surface area contributed by atoms with Gasteiger partial charge in [0, 0.05) is 24.4 Å². The molecule has 0 aliphatic heterocycles. The van der Waals surface area contributed by atoms with E-state index in [0.717, 1.165) is 56.1 Å². The summed E-state index contributed by atoms with van der Waals surface area (Å²) >= 11 is 0. The Morgan fingerprint density at radius 1 is 1.27 bits per heavy atom. The molecule has 2 saturated carbocycles. The molecule has 1 aromatic heterocycles. The highest BCUT2D eigenvalue weighted by Crippen LogP contribution is 2.53. The molecule has 1 amide bonds. The first-order chi connectivity index (χ1) is 14.5. The number of fused-ring (bicyclic) bond motifs is 2. The van der Waals surface area contributed by atoms with Crippen molar-refractivity contribution in [3.8, 4) is 5.69 Å². The van der Waals surface area contributed by atoms with Gasteiger partial charge in [0.05, 0.1) is 17.6 Å². The summed E-state index contributed by atoms with van der Waals surface area (Å²) < 4.78 is 15.2. The molecule has 30 heavy (non-hydrogen) atoms. The summed E-state index contributed by atoms with van der Waals surface area (Å²) in [7, 11) is 0. The number of benzene rings is 1. The zero-order valence-corrected chi connectivity index (χ0v) is 17.9. The zero-order valence-electron chi connectivity index (χ0n) is 17.9. The van der Waals surface area contributed by atoms with Crippen molar-refractivity contribution in [1.82, 2.24) is 14.7 Å². The molecule has 2 atom stereocenters. The first kappa shape index (κ1) is 19.5. The highest BCUT2D eigenvalue weighted by molar-refractivity contribution is 5.82. The lowest BCUT2D eigenvalue weighted by Crippen LogP contribution is -2.43. The van der Waals surface area contributed by atoms with Gasteiger partial charge in [0.25, 0.3) is 0 Å². The molecule has 0 saturated heterocycles. The van der Waals surface area contributed by atoms with Crippen molar-refractivity contribution in [2.75, 3.05) is 13.1 Å². The van der Waals surface area contributed by atoms with Gasteiger partial charge < -0.3 is 4.90 Å². The molecule has 3 aliphatic rings. The fraction of sp³-hybridized carbons (Fsp3) is 0.520. The molecule has 4 nitrogen and oxygen atoms in total. The van der Waals surface area contributed by atoms with Crippen LogP contribution in [0.1, 0.15) is 57.2 Å². The molecule has 0 N–H and O–H groups in total. The summed E-state index contributed by atoms with van der Waals surface area (Å²) in [6.45, 7) is 6.24. The van der Waals surface area contributed by atoms with Gasteiger partial charge in [-0.2, -0.15) is 5.10 Å². The number of nitrogens with zero attached hydrogens (tertiary/aromatic N) is 3. The van der Waals surface area contributed by atoms with Gasteiger partial charge in [-0.15, -0.1) is 0 Å². The number of amides is 1.